The lowest BCUT2D eigenvalue weighted by Gasteiger charge is -2.37. The maximum atomic E-state index is 12.9. The Morgan fingerprint density at radius 1 is 1.27 bits per heavy atom. The molecule has 0 aromatic heterocycles. The van der Waals surface area contributed by atoms with Crippen molar-refractivity contribution in [3.05, 3.63) is 34.9 Å². The lowest BCUT2D eigenvalue weighted by molar-refractivity contribution is -0.128. The topological polar surface area (TPSA) is 41.1 Å². The molecule has 2 aliphatic rings. The van der Waals surface area contributed by atoms with Crippen molar-refractivity contribution in [2.75, 3.05) is 19.6 Å². The summed E-state index contributed by atoms with van der Waals surface area (Å²) in [5, 5.41) is 7.15. The predicted molar refractivity (Wildman–Crippen MR) is 92.8 cm³/mol. The molecule has 0 radical (unpaired) electrons. The number of carbonyl (C=O) groups is 1. The molecule has 0 unspecified atom stereocenters. The van der Waals surface area contributed by atoms with Crippen LogP contribution in [0.1, 0.15) is 37.7 Å². The first-order valence-electron chi connectivity index (χ1n) is 7.96. The maximum Gasteiger partial charge on any atom is 0.230 e. The van der Waals surface area contributed by atoms with Gasteiger partial charge in [-0.2, -0.15) is 0 Å². The summed E-state index contributed by atoms with van der Waals surface area (Å²) in [6, 6.07) is 7.86. The Bertz CT molecular complexity index is 511. The third-order valence-electron chi connectivity index (χ3n) is 4.94. The zero-order valence-electron chi connectivity index (χ0n) is 12.7. The Kier molecular flexibility index (Phi) is 6.13. The lowest BCUT2D eigenvalue weighted by Crippen LogP contribution is -2.52. The summed E-state index contributed by atoms with van der Waals surface area (Å²) in [4.78, 5) is 12.9. The van der Waals surface area contributed by atoms with Crippen molar-refractivity contribution in [2.45, 2.75) is 37.5 Å². The highest BCUT2D eigenvalue weighted by Crippen LogP contribution is 2.40. The van der Waals surface area contributed by atoms with Crippen LogP contribution in [0.5, 0.6) is 0 Å². The second kappa shape index (κ2) is 7.67. The van der Waals surface area contributed by atoms with Crippen LogP contribution in [0.4, 0.5) is 0 Å². The van der Waals surface area contributed by atoms with Crippen LogP contribution in [-0.2, 0) is 10.2 Å². The third kappa shape index (κ3) is 3.58. The fraction of sp³-hybridized carbons (Fsp3) is 0.588. The Labute approximate surface area is 143 Å². The van der Waals surface area contributed by atoms with Crippen LogP contribution >= 0.6 is 24.0 Å². The number of amides is 1. The van der Waals surface area contributed by atoms with Crippen molar-refractivity contribution in [3.63, 3.8) is 0 Å². The molecule has 1 aromatic rings. The van der Waals surface area contributed by atoms with Crippen molar-refractivity contribution in [1.29, 1.82) is 0 Å². The lowest BCUT2D eigenvalue weighted by atomic mass is 9.68. The largest absolute Gasteiger partial charge is 0.355 e. The first-order valence-corrected chi connectivity index (χ1v) is 8.33. The number of hydrogen-bond donors (Lipinski definition) is 2. The fourth-order valence-electron chi connectivity index (χ4n) is 3.49. The van der Waals surface area contributed by atoms with E-state index in [4.69, 9.17) is 11.6 Å². The van der Waals surface area contributed by atoms with Crippen LogP contribution in [0.2, 0.25) is 5.02 Å². The number of nitrogens with one attached hydrogen (secondary N) is 2. The quantitative estimate of drug-likeness (QED) is 0.881. The summed E-state index contributed by atoms with van der Waals surface area (Å²) >= 11 is 6.15. The van der Waals surface area contributed by atoms with Gasteiger partial charge in [0.1, 0.15) is 0 Å². The molecule has 3 rings (SSSR count). The van der Waals surface area contributed by atoms with Gasteiger partial charge in [-0.05, 0) is 30.5 Å². The van der Waals surface area contributed by atoms with Crippen molar-refractivity contribution in [3.8, 4) is 0 Å². The van der Waals surface area contributed by atoms with Gasteiger partial charge < -0.3 is 10.6 Å². The van der Waals surface area contributed by atoms with Gasteiger partial charge in [-0.15, -0.1) is 12.4 Å². The molecule has 1 saturated heterocycles. The smallest absolute Gasteiger partial charge is 0.230 e. The number of rotatable bonds is 4. The van der Waals surface area contributed by atoms with E-state index < -0.39 is 0 Å². The summed E-state index contributed by atoms with van der Waals surface area (Å²) in [5.74, 6) is 0.783. The van der Waals surface area contributed by atoms with Crippen LogP contribution in [0, 0.1) is 5.92 Å². The monoisotopic (exact) mass is 342 g/mol. The number of hydrogen-bond acceptors (Lipinski definition) is 2. The van der Waals surface area contributed by atoms with E-state index in [2.05, 4.69) is 16.7 Å². The molecular weight excluding hydrogens is 319 g/mol. The molecule has 1 heterocycles. The van der Waals surface area contributed by atoms with Crippen LogP contribution in [0.3, 0.4) is 0 Å². The normalized spacial score (nSPS) is 20.6. The summed E-state index contributed by atoms with van der Waals surface area (Å²) in [5.41, 5.74) is 0.708. The van der Waals surface area contributed by atoms with Gasteiger partial charge in [0.25, 0.3) is 0 Å². The molecule has 122 valence electrons. The Morgan fingerprint density at radius 2 is 2.00 bits per heavy atom. The van der Waals surface area contributed by atoms with Crippen molar-refractivity contribution < 1.29 is 4.79 Å². The number of carbonyl (C=O) groups excluding carboxylic acids is 1. The minimum absolute atomic E-state index is 0. The van der Waals surface area contributed by atoms with Gasteiger partial charge in [0.15, 0.2) is 0 Å². The van der Waals surface area contributed by atoms with E-state index in [9.17, 15) is 4.79 Å². The molecule has 22 heavy (non-hydrogen) atoms. The molecule has 0 spiro atoms. The zero-order valence-corrected chi connectivity index (χ0v) is 14.3. The second-order valence-corrected chi connectivity index (χ2v) is 6.82. The fourth-order valence-corrected chi connectivity index (χ4v) is 3.68. The highest BCUT2D eigenvalue weighted by atomic mass is 35.5. The molecule has 1 aliphatic carbocycles. The average Bonchev–Trinajstić information content (AvgIpc) is 2.46. The van der Waals surface area contributed by atoms with E-state index in [0.717, 1.165) is 50.9 Å². The van der Waals surface area contributed by atoms with Crippen LogP contribution in [0.15, 0.2) is 24.3 Å². The minimum atomic E-state index is -0.375. The van der Waals surface area contributed by atoms with Gasteiger partial charge in [-0.25, -0.2) is 0 Å². The summed E-state index contributed by atoms with van der Waals surface area (Å²) < 4.78 is 0. The minimum Gasteiger partial charge on any atom is -0.355 e. The van der Waals surface area contributed by atoms with E-state index >= 15 is 0 Å². The van der Waals surface area contributed by atoms with E-state index in [1.165, 1.54) is 6.42 Å². The zero-order chi connectivity index (χ0) is 14.7. The van der Waals surface area contributed by atoms with Crippen molar-refractivity contribution in [1.82, 2.24) is 10.6 Å². The molecule has 1 amide bonds. The Morgan fingerprint density at radius 3 is 2.59 bits per heavy atom. The van der Waals surface area contributed by atoms with Gasteiger partial charge in [0.05, 0.1) is 5.41 Å². The molecule has 0 atom stereocenters. The number of benzene rings is 1. The van der Waals surface area contributed by atoms with E-state index in [1.807, 2.05) is 18.2 Å². The van der Waals surface area contributed by atoms with Crippen molar-refractivity contribution in [2.24, 2.45) is 5.92 Å². The molecule has 5 heteroatoms. The van der Waals surface area contributed by atoms with E-state index in [1.54, 1.807) is 0 Å². The average molecular weight is 343 g/mol. The van der Waals surface area contributed by atoms with Crippen molar-refractivity contribution >= 4 is 29.9 Å². The van der Waals surface area contributed by atoms with Crippen LogP contribution in [-0.4, -0.2) is 25.5 Å². The molecule has 3 nitrogen and oxygen atoms in total. The first-order chi connectivity index (χ1) is 10.2. The first kappa shape index (κ1) is 17.6. The SMILES string of the molecule is Cl.O=C(NCC1CNC1)C1(c2cccc(Cl)c2)CCCCC1. The summed E-state index contributed by atoms with van der Waals surface area (Å²) in [7, 11) is 0. The molecule has 2 N–H and O–H groups in total. The molecular formula is C17H24Cl2N2O. The molecule has 0 bridgehead atoms. The van der Waals surface area contributed by atoms with Crippen LogP contribution in [0.25, 0.3) is 0 Å². The third-order valence-corrected chi connectivity index (χ3v) is 5.17. The van der Waals surface area contributed by atoms with Gasteiger partial charge in [0.2, 0.25) is 5.91 Å². The predicted octanol–water partition coefficient (Wildman–Crippen LogP) is 3.30. The van der Waals surface area contributed by atoms with Gasteiger partial charge in [-0.1, -0.05) is 43.0 Å². The van der Waals surface area contributed by atoms with E-state index in [0.29, 0.717) is 10.9 Å². The molecule has 1 aromatic carbocycles. The molecule has 1 aliphatic heterocycles. The van der Waals surface area contributed by atoms with Gasteiger partial charge >= 0.3 is 0 Å². The molecule has 1 saturated carbocycles. The highest BCUT2D eigenvalue weighted by molar-refractivity contribution is 6.30. The second-order valence-electron chi connectivity index (χ2n) is 6.39. The standard InChI is InChI=1S/C17H23ClN2O.ClH/c18-15-6-4-5-14(9-15)17(7-2-1-3-8-17)16(21)20-12-13-10-19-11-13;/h4-6,9,13,19H,1-3,7-8,10-12H2,(H,20,21);1H. The summed E-state index contributed by atoms with van der Waals surface area (Å²) in [6.07, 6.45) is 5.32. The molecule has 2 fully saturated rings. The maximum absolute atomic E-state index is 12.9. The number of halogens is 2. The highest BCUT2D eigenvalue weighted by Gasteiger charge is 2.41. The van der Waals surface area contributed by atoms with Gasteiger partial charge in [-0.3, -0.25) is 4.79 Å². The van der Waals surface area contributed by atoms with Crippen LogP contribution < -0.4 is 10.6 Å². The summed E-state index contributed by atoms with van der Waals surface area (Å²) in [6.45, 7) is 2.82. The van der Waals surface area contributed by atoms with E-state index in [-0.39, 0.29) is 23.7 Å². The Balaban J connectivity index is 0.00000176. The van der Waals surface area contributed by atoms with Gasteiger partial charge in [0, 0.05) is 30.6 Å². The Hall–Kier alpha value is -0.770.